The Morgan fingerprint density at radius 1 is 1.28 bits per heavy atom. The number of nitrogens with zero attached hydrogens (tertiary/aromatic N) is 3. The van der Waals surface area contributed by atoms with E-state index in [1.54, 1.807) is 10.6 Å². The Balaban J connectivity index is 2.35. The lowest BCUT2D eigenvalue weighted by atomic mass is 10.2. The van der Waals surface area contributed by atoms with Crippen molar-refractivity contribution >= 4 is 11.5 Å². The first kappa shape index (κ1) is 12.7. The van der Waals surface area contributed by atoms with Crippen molar-refractivity contribution in [2.75, 3.05) is 12.3 Å². The molecule has 2 heterocycles. The van der Waals surface area contributed by atoms with Gasteiger partial charge in [-0.1, -0.05) is 26.7 Å². The Kier molecular flexibility index (Phi) is 4.02. The van der Waals surface area contributed by atoms with Crippen molar-refractivity contribution in [1.29, 1.82) is 0 Å². The molecule has 98 valence electrons. The van der Waals surface area contributed by atoms with E-state index >= 15 is 0 Å². The molecule has 0 spiro atoms. The van der Waals surface area contributed by atoms with Crippen molar-refractivity contribution in [3.05, 3.63) is 17.8 Å². The van der Waals surface area contributed by atoms with E-state index in [1.165, 1.54) is 0 Å². The number of rotatable bonds is 6. The number of nitrogens with two attached hydrogens (primary N) is 1. The second-order valence-electron chi connectivity index (χ2n) is 4.34. The van der Waals surface area contributed by atoms with Crippen LogP contribution < -0.4 is 10.5 Å². The average molecular weight is 248 g/mol. The summed E-state index contributed by atoms with van der Waals surface area (Å²) in [5.41, 5.74) is 7.52. The van der Waals surface area contributed by atoms with Crippen LogP contribution in [0.1, 0.15) is 38.8 Å². The highest BCUT2D eigenvalue weighted by atomic mass is 16.5. The number of unbranched alkanes of at least 4 members (excludes halogenated alkanes) is 1. The lowest BCUT2D eigenvalue weighted by Crippen LogP contribution is -2.03. The summed E-state index contributed by atoms with van der Waals surface area (Å²) < 4.78 is 7.53. The molecule has 0 atom stereocenters. The van der Waals surface area contributed by atoms with Crippen LogP contribution in [-0.4, -0.2) is 21.2 Å². The summed E-state index contributed by atoms with van der Waals surface area (Å²) >= 11 is 0. The SMILES string of the molecule is CCCCOc1nc2ccc(N)nn2c1CCC. The quantitative estimate of drug-likeness (QED) is 0.797. The van der Waals surface area contributed by atoms with Gasteiger partial charge in [0.05, 0.1) is 6.61 Å². The summed E-state index contributed by atoms with van der Waals surface area (Å²) in [6, 6.07) is 3.63. The molecule has 0 amide bonds. The minimum absolute atomic E-state index is 0.498. The number of hydrogen-bond donors (Lipinski definition) is 1. The number of aromatic nitrogens is 3. The summed E-state index contributed by atoms with van der Waals surface area (Å²) in [6.07, 6.45) is 4.06. The molecule has 0 unspecified atom stereocenters. The van der Waals surface area contributed by atoms with E-state index in [9.17, 15) is 0 Å². The van der Waals surface area contributed by atoms with Crippen molar-refractivity contribution in [3.63, 3.8) is 0 Å². The van der Waals surface area contributed by atoms with E-state index in [0.29, 0.717) is 18.3 Å². The minimum atomic E-state index is 0.498. The number of anilines is 1. The van der Waals surface area contributed by atoms with Gasteiger partial charge in [0.25, 0.3) is 0 Å². The maximum Gasteiger partial charge on any atom is 0.237 e. The van der Waals surface area contributed by atoms with Gasteiger partial charge in [0.15, 0.2) is 5.65 Å². The number of hydrogen-bond acceptors (Lipinski definition) is 4. The summed E-state index contributed by atoms with van der Waals surface area (Å²) in [5, 5.41) is 4.30. The third kappa shape index (κ3) is 2.55. The molecule has 0 radical (unpaired) electrons. The lowest BCUT2D eigenvalue weighted by Gasteiger charge is -2.04. The van der Waals surface area contributed by atoms with Crippen LogP contribution in [0.3, 0.4) is 0 Å². The zero-order chi connectivity index (χ0) is 13.0. The molecule has 18 heavy (non-hydrogen) atoms. The third-order valence-corrected chi connectivity index (χ3v) is 2.78. The largest absolute Gasteiger partial charge is 0.476 e. The van der Waals surface area contributed by atoms with Gasteiger partial charge in [-0.2, -0.15) is 4.98 Å². The molecule has 2 aromatic rings. The van der Waals surface area contributed by atoms with E-state index < -0.39 is 0 Å². The molecule has 0 aliphatic heterocycles. The van der Waals surface area contributed by atoms with Gasteiger partial charge in [0.2, 0.25) is 5.88 Å². The van der Waals surface area contributed by atoms with Crippen LogP contribution in [0.4, 0.5) is 5.82 Å². The number of nitrogen functional groups attached to an aromatic ring is 1. The third-order valence-electron chi connectivity index (χ3n) is 2.78. The molecular weight excluding hydrogens is 228 g/mol. The standard InChI is InChI=1S/C13H20N4O/c1-3-5-9-18-13-10(6-4-2)17-12(15-13)8-7-11(14)16-17/h7-8H,3-6,9H2,1-2H3,(H2,14,16). The number of ether oxygens (including phenoxy) is 1. The van der Waals surface area contributed by atoms with E-state index in [1.807, 2.05) is 6.07 Å². The van der Waals surface area contributed by atoms with Gasteiger partial charge < -0.3 is 10.5 Å². The van der Waals surface area contributed by atoms with Crippen LogP contribution in [0.25, 0.3) is 5.65 Å². The first-order valence-electron chi connectivity index (χ1n) is 6.53. The van der Waals surface area contributed by atoms with Gasteiger partial charge in [0.1, 0.15) is 11.5 Å². The molecule has 2 N–H and O–H groups in total. The second kappa shape index (κ2) is 5.71. The maximum atomic E-state index is 5.74. The fourth-order valence-electron chi connectivity index (χ4n) is 1.85. The van der Waals surface area contributed by atoms with Crippen molar-refractivity contribution in [1.82, 2.24) is 14.6 Å². The zero-order valence-corrected chi connectivity index (χ0v) is 11.0. The summed E-state index contributed by atoms with van der Waals surface area (Å²) in [7, 11) is 0. The number of imidazole rings is 1. The van der Waals surface area contributed by atoms with Crippen LogP contribution in [0, 0.1) is 0 Å². The van der Waals surface area contributed by atoms with Crippen LogP contribution in [0.15, 0.2) is 12.1 Å². The molecule has 0 aromatic carbocycles. The van der Waals surface area contributed by atoms with Gasteiger partial charge in [-0.3, -0.25) is 0 Å². The fourth-order valence-corrected chi connectivity index (χ4v) is 1.85. The molecule has 0 aliphatic carbocycles. The van der Waals surface area contributed by atoms with Crippen molar-refractivity contribution in [3.8, 4) is 5.88 Å². The molecule has 0 fully saturated rings. The highest BCUT2D eigenvalue weighted by Crippen LogP contribution is 2.21. The molecule has 2 aromatic heterocycles. The van der Waals surface area contributed by atoms with Gasteiger partial charge in [-0.25, -0.2) is 4.52 Å². The normalized spacial score (nSPS) is 11.0. The van der Waals surface area contributed by atoms with Crippen molar-refractivity contribution in [2.24, 2.45) is 0 Å². The van der Waals surface area contributed by atoms with Crippen LogP contribution in [0.5, 0.6) is 5.88 Å². The van der Waals surface area contributed by atoms with E-state index in [4.69, 9.17) is 10.5 Å². The molecule has 0 saturated heterocycles. The summed E-state index contributed by atoms with van der Waals surface area (Å²) in [6.45, 7) is 4.97. The average Bonchev–Trinajstić information content (AvgIpc) is 2.68. The summed E-state index contributed by atoms with van der Waals surface area (Å²) in [5.74, 6) is 1.20. The van der Waals surface area contributed by atoms with Crippen LogP contribution >= 0.6 is 0 Å². The van der Waals surface area contributed by atoms with Crippen LogP contribution in [0.2, 0.25) is 0 Å². The predicted molar refractivity (Wildman–Crippen MR) is 71.8 cm³/mol. The Morgan fingerprint density at radius 3 is 2.83 bits per heavy atom. The highest BCUT2D eigenvalue weighted by molar-refractivity contribution is 5.47. The molecule has 2 rings (SSSR count). The second-order valence-corrected chi connectivity index (χ2v) is 4.34. The highest BCUT2D eigenvalue weighted by Gasteiger charge is 2.13. The monoisotopic (exact) mass is 248 g/mol. The molecule has 0 saturated carbocycles. The van der Waals surface area contributed by atoms with E-state index in [-0.39, 0.29) is 0 Å². The Hall–Kier alpha value is -1.78. The minimum Gasteiger partial charge on any atom is -0.476 e. The van der Waals surface area contributed by atoms with Crippen molar-refractivity contribution in [2.45, 2.75) is 39.5 Å². The predicted octanol–water partition coefficient (Wildman–Crippen LogP) is 2.44. The van der Waals surface area contributed by atoms with Crippen molar-refractivity contribution < 1.29 is 4.74 Å². The van der Waals surface area contributed by atoms with E-state index in [2.05, 4.69) is 23.9 Å². The number of fused-ring (bicyclic) bond motifs is 1. The van der Waals surface area contributed by atoms with Gasteiger partial charge in [-0.15, -0.1) is 5.10 Å². The first-order chi connectivity index (χ1) is 8.76. The molecule has 0 aliphatic rings. The molecule has 0 bridgehead atoms. The lowest BCUT2D eigenvalue weighted by molar-refractivity contribution is 0.295. The maximum absolute atomic E-state index is 5.74. The Labute approximate surface area is 107 Å². The summed E-state index contributed by atoms with van der Waals surface area (Å²) in [4.78, 5) is 4.47. The Morgan fingerprint density at radius 2 is 2.11 bits per heavy atom. The molecular formula is C13H20N4O. The smallest absolute Gasteiger partial charge is 0.237 e. The number of aryl methyl sites for hydroxylation is 1. The first-order valence-corrected chi connectivity index (χ1v) is 6.53. The van der Waals surface area contributed by atoms with Gasteiger partial charge >= 0.3 is 0 Å². The van der Waals surface area contributed by atoms with E-state index in [0.717, 1.165) is 37.0 Å². The Bertz CT molecular complexity index is 521. The van der Waals surface area contributed by atoms with Gasteiger partial charge in [0, 0.05) is 0 Å². The topological polar surface area (TPSA) is 65.4 Å². The zero-order valence-electron chi connectivity index (χ0n) is 11.0. The van der Waals surface area contributed by atoms with Crippen LogP contribution in [-0.2, 0) is 6.42 Å². The fraction of sp³-hybridized carbons (Fsp3) is 0.538. The molecule has 5 heteroatoms. The molecule has 5 nitrogen and oxygen atoms in total. The van der Waals surface area contributed by atoms with Gasteiger partial charge in [-0.05, 0) is 25.0 Å².